The summed E-state index contributed by atoms with van der Waals surface area (Å²) in [5.41, 5.74) is 8.02. The summed E-state index contributed by atoms with van der Waals surface area (Å²) in [6.45, 7) is 0. The first-order valence-corrected chi connectivity index (χ1v) is 4.31. The topological polar surface area (TPSA) is 46.2 Å². The lowest BCUT2D eigenvalue weighted by atomic mass is 9.86. The zero-order chi connectivity index (χ0) is 8.55. The molecule has 0 amide bonds. The number of benzene rings is 1. The van der Waals surface area contributed by atoms with Gasteiger partial charge in [-0.2, -0.15) is 0 Å². The Hall–Kier alpha value is -0.860. The average Bonchev–Trinajstić information content (AvgIpc) is 2.12. The maximum Gasteiger partial charge on any atom is 0.0794 e. The van der Waals surface area contributed by atoms with E-state index in [1.807, 2.05) is 24.3 Å². The highest BCUT2D eigenvalue weighted by atomic mass is 16.3. The van der Waals surface area contributed by atoms with E-state index >= 15 is 0 Å². The summed E-state index contributed by atoms with van der Waals surface area (Å²) in [6.07, 6.45) is 1.37. The molecule has 1 unspecified atom stereocenters. The monoisotopic (exact) mass is 163 g/mol. The number of hydrogen-bond donors (Lipinski definition) is 2. The van der Waals surface area contributed by atoms with Crippen molar-refractivity contribution in [2.45, 2.75) is 25.0 Å². The van der Waals surface area contributed by atoms with Crippen molar-refractivity contribution < 1.29 is 5.11 Å². The van der Waals surface area contributed by atoms with Crippen LogP contribution in [0.1, 0.15) is 36.1 Å². The van der Waals surface area contributed by atoms with E-state index in [1.165, 1.54) is 0 Å². The molecule has 64 valence electrons. The summed E-state index contributed by atoms with van der Waals surface area (Å²) in [7, 11) is 0. The molecule has 1 aromatic carbocycles. The summed E-state index contributed by atoms with van der Waals surface area (Å²) in [5.74, 6) is 0. The van der Waals surface area contributed by atoms with Gasteiger partial charge < -0.3 is 10.8 Å². The minimum Gasteiger partial charge on any atom is -0.388 e. The van der Waals surface area contributed by atoms with E-state index in [-0.39, 0.29) is 12.1 Å². The number of hydrogen-bond acceptors (Lipinski definition) is 2. The second-order valence-corrected chi connectivity index (χ2v) is 3.33. The fraction of sp³-hybridized carbons (Fsp3) is 0.400. The van der Waals surface area contributed by atoms with Gasteiger partial charge in [-0.1, -0.05) is 24.3 Å². The van der Waals surface area contributed by atoms with Crippen LogP contribution in [-0.4, -0.2) is 5.11 Å². The van der Waals surface area contributed by atoms with Crippen molar-refractivity contribution in [3.8, 4) is 0 Å². The van der Waals surface area contributed by atoms with Crippen molar-refractivity contribution in [1.29, 1.82) is 0 Å². The van der Waals surface area contributed by atoms with Gasteiger partial charge in [-0.15, -0.1) is 0 Å². The molecule has 12 heavy (non-hydrogen) atoms. The van der Waals surface area contributed by atoms with E-state index in [2.05, 4.69) is 0 Å². The standard InChI is InChI=1S/C10H13NO/c11-9-5-6-10(12)8-4-2-1-3-7(8)9/h1-4,9-10,12H,5-6,11H2/t9-,10?/m0/s1. The number of nitrogens with two attached hydrogens (primary N) is 1. The SMILES string of the molecule is N[C@H]1CCC(O)c2ccccc21. The van der Waals surface area contributed by atoms with Crippen molar-refractivity contribution in [3.63, 3.8) is 0 Å². The maximum atomic E-state index is 9.62. The molecule has 1 aliphatic rings. The molecule has 0 aliphatic heterocycles. The van der Waals surface area contributed by atoms with Gasteiger partial charge in [0.05, 0.1) is 6.10 Å². The van der Waals surface area contributed by atoms with E-state index in [0.29, 0.717) is 0 Å². The highest BCUT2D eigenvalue weighted by Gasteiger charge is 2.22. The molecule has 1 aromatic rings. The Bertz CT molecular complexity index is 256. The van der Waals surface area contributed by atoms with Crippen molar-refractivity contribution >= 4 is 0 Å². The van der Waals surface area contributed by atoms with Gasteiger partial charge in [0.25, 0.3) is 0 Å². The smallest absolute Gasteiger partial charge is 0.0794 e. The molecule has 0 saturated heterocycles. The number of aliphatic hydroxyl groups excluding tert-OH is 1. The Morgan fingerprint density at radius 2 is 1.83 bits per heavy atom. The molecule has 0 heterocycles. The highest BCUT2D eigenvalue weighted by molar-refractivity contribution is 5.33. The molecule has 0 aromatic heterocycles. The minimum absolute atomic E-state index is 0.115. The second-order valence-electron chi connectivity index (χ2n) is 3.33. The minimum atomic E-state index is -0.305. The molecule has 0 saturated carbocycles. The van der Waals surface area contributed by atoms with Gasteiger partial charge >= 0.3 is 0 Å². The summed E-state index contributed by atoms with van der Waals surface area (Å²) in [4.78, 5) is 0. The normalized spacial score (nSPS) is 28.2. The maximum absolute atomic E-state index is 9.62. The van der Waals surface area contributed by atoms with Crippen molar-refractivity contribution in [2.75, 3.05) is 0 Å². The molecule has 0 spiro atoms. The van der Waals surface area contributed by atoms with Gasteiger partial charge in [-0.25, -0.2) is 0 Å². The first-order chi connectivity index (χ1) is 5.79. The quantitative estimate of drug-likeness (QED) is 0.609. The van der Waals surface area contributed by atoms with Crippen LogP contribution in [0.2, 0.25) is 0 Å². The third-order valence-electron chi connectivity index (χ3n) is 2.51. The van der Waals surface area contributed by atoms with Gasteiger partial charge in [0, 0.05) is 6.04 Å². The zero-order valence-electron chi connectivity index (χ0n) is 6.90. The lowest BCUT2D eigenvalue weighted by Crippen LogP contribution is -2.20. The van der Waals surface area contributed by atoms with Crippen LogP contribution >= 0.6 is 0 Å². The van der Waals surface area contributed by atoms with E-state index < -0.39 is 0 Å². The number of fused-ring (bicyclic) bond motifs is 1. The summed E-state index contributed by atoms with van der Waals surface area (Å²) < 4.78 is 0. The predicted octanol–water partition coefficient (Wildman–Crippen LogP) is 1.51. The third-order valence-corrected chi connectivity index (χ3v) is 2.51. The molecule has 1 aliphatic carbocycles. The Morgan fingerprint density at radius 1 is 1.17 bits per heavy atom. The van der Waals surface area contributed by atoms with Crippen LogP contribution in [0.4, 0.5) is 0 Å². The van der Waals surface area contributed by atoms with Crippen LogP contribution in [0.15, 0.2) is 24.3 Å². The average molecular weight is 163 g/mol. The summed E-state index contributed by atoms with van der Waals surface area (Å²) in [5, 5.41) is 9.62. The van der Waals surface area contributed by atoms with E-state index in [9.17, 15) is 5.11 Å². The molecule has 2 rings (SSSR count). The van der Waals surface area contributed by atoms with Gasteiger partial charge in [0.2, 0.25) is 0 Å². The van der Waals surface area contributed by atoms with E-state index in [1.54, 1.807) is 0 Å². The molecule has 3 N–H and O–H groups in total. The molecule has 0 bridgehead atoms. The van der Waals surface area contributed by atoms with E-state index in [4.69, 9.17) is 5.73 Å². The van der Waals surface area contributed by atoms with Crippen LogP contribution < -0.4 is 5.73 Å². The molecule has 0 radical (unpaired) electrons. The van der Waals surface area contributed by atoms with Crippen LogP contribution in [0, 0.1) is 0 Å². The Balaban J connectivity index is 2.47. The van der Waals surface area contributed by atoms with Crippen LogP contribution in [0.25, 0.3) is 0 Å². The summed E-state index contributed by atoms with van der Waals surface area (Å²) >= 11 is 0. The molecule has 2 atom stereocenters. The first kappa shape index (κ1) is 7.77. The predicted molar refractivity (Wildman–Crippen MR) is 47.6 cm³/mol. The largest absolute Gasteiger partial charge is 0.388 e. The van der Waals surface area contributed by atoms with Gasteiger partial charge in [-0.05, 0) is 24.0 Å². The Kier molecular flexibility index (Phi) is 1.87. The fourth-order valence-electron chi connectivity index (χ4n) is 1.80. The Morgan fingerprint density at radius 3 is 2.50 bits per heavy atom. The molecular formula is C10H13NO. The zero-order valence-corrected chi connectivity index (χ0v) is 6.90. The van der Waals surface area contributed by atoms with Crippen molar-refractivity contribution in [1.82, 2.24) is 0 Å². The van der Waals surface area contributed by atoms with Gasteiger partial charge in [0.1, 0.15) is 0 Å². The highest BCUT2D eigenvalue weighted by Crippen LogP contribution is 2.33. The molecule has 2 heteroatoms. The fourth-order valence-corrected chi connectivity index (χ4v) is 1.80. The lowest BCUT2D eigenvalue weighted by molar-refractivity contribution is 0.151. The van der Waals surface area contributed by atoms with Crippen molar-refractivity contribution in [3.05, 3.63) is 35.4 Å². The van der Waals surface area contributed by atoms with Crippen LogP contribution in [-0.2, 0) is 0 Å². The molecular weight excluding hydrogens is 150 g/mol. The van der Waals surface area contributed by atoms with E-state index in [0.717, 1.165) is 24.0 Å². The Labute approximate surface area is 72.0 Å². The second kappa shape index (κ2) is 2.88. The number of aliphatic hydroxyl groups is 1. The van der Waals surface area contributed by atoms with Gasteiger partial charge in [0.15, 0.2) is 0 Å². The first-order valence-electron chi connectivity index (χ1n) is 4.31. The molecule has 0 fully saturated rings. The summed E-state index contributed by atoms with van der Waals surface area (Å²) in [6, 6.07) is 7.99. The third kappa shape index (κ3) is 1.13. The van der Waals surface area contributed by atoms with Crippen LogP contribution in [0.5, 0.6) is 0 Å². The number of rotatable bonds is 0. The van der Waals surface area contributed by atoms with Gasteiger partial charge in [-0.3, -0.25) is 0 Å². The lowest BCUT2D eigenvalue weighted by Gasteiger charge is -2.25. The molecule has 2 nitrogen and oxygen atoms in total. The van der Waals surface area contributed by atoms with Crippen LogP contribution in [0.3, 0.4) is 0 Å². The van der Waals surface area contributed by atoms with Crippen molar-refractivity contribution in [2.24, 2.45) is 5.73 Å².